The quantitative estimate of drug-likeness (QED) is 0.567. The van der Waals surface area contributed by atoms with Crippen LogP contribution in [0.25, 0.3) is 11.2 Å². The smallest absolute Gasteiger partial charge is 0.250 e. The third kappa shape index (κ3) is 3.39. The molecule has 0 saturated carbocycles. The molecule has 142 valence electrons. The number of aryl methyl sites for hydroxylation is 1. The molecule has 0 bridgehead atoms. The monoisotopic (exact) mass is 383 g/mol. The van der Waals surface area contributed by atoms with Crippen molar-refractivity contribution in [2.24, 2.45) is 0 Å². The van der Waals surface area contributed by atoms with E-state index in [1.54, 1.807) is 17.4 Å². The van der Waals surface area contributed by atoms with Gasteiger partial charge in [0.2, 0.25) is 5.95 Å². The van der Waals surface area contributed by atoms with E-state index in [1.165, 1.54) is 0 Å². The van der Waals surface area contributed by atoms with Crippen molar-refractivity contribution < 1.29 is 4.74 Å². The fourth-order valence-electron chi connectivity index (χ4n) is 2.95. The van der Waals surface area contributed by atoms with E-state index in [2.05, 4.69) is 24.9 Å². The summed E-state index contributed by atoms with van der Waals surface area (Å²) in [5.74, 6) is 2.41. The third-order valence-corrected chi connectivity index (χ3v) is 4.37. The maximum absolute atomic E-state index is 6.04. The number of aromatic nitrogens is 5. The molecule has 0 radical (unpaired) electrons. The summed E-state index contributed by atoms with van der Waals surface area (Å²) in [4.78, 5) is 24.5. The molecule has 0 unspecified atom stereocenters. The van der Waals surface area contributed by atoms with Crippen molar-refractivity contribution in [2.75, 3.05) is 9.80 Å². The van der Waals surface area contributed by atoms with Crippen LogP contribution >= 0.6 is 0 Å². The SMILES string of the molecule is Cc1cccc(Oc2nc(N3C=CN(c4ccccn4)C=C3)nc3nc[nH]c23)c1. The maximum atomic E-state index is 6.04. The minimum Gasteiger partial charge on any atom is -0.437 e. The van der Waals surface area contributed by atoms with Crippen LogP contribution in [0, 0.1) is 6.92 Å². The number of aromatic amines is 1. The van der Waals surface area contributed by atoms with Gasteiger partial charge in [-0.05, 0) is 36.8 Å². The first kappa shape index (κ1) is 16.9. The van der Waals surface area contributed by atoms with Crippen LogP contribution in [0.2, 0.25) is 0 Å². The molecule has 0 aliphatic carbocycles. The van der Waals surface area contributed by atoms with Crippen LogP contribution in [-0.4, -0.2) is 24.9 Å². The molecule has 1 N–H and O–H groups in total. The van der Waals surface area contributed by atoms with Crippen LogP contribution in [-0.2, 0) is 0 Å². The summed E-state index contributed by atoms with van der Waals surface area (Å²) >= 11 is 0. The van der Waals surface area contributed by atoms with E-state index in [1.807, 2.05) is 79.1 Å². The molecule has 0 spiro atoms. The van der Waals surface area contributed by atoms with Gasteiger partial charge in [-0.2, -0.15) is 9.97 Å². The van der Waals surface area contributed by atoms with Crippen LogP contribution in [0.1, 0.15) is 5.56 Å². The second-order valence-corrected chi connectivity index (χ2v) is 6.45. The van der Waals surface area contributed by atoms with Gasteiger partial charge in [-0.1, -0.05) is 18.2 Å². The Labute approximate surface area is 166 Å². The lowest BCUT2D eigenvalue weighted by Gasteiger charge is -2.23. The molecule has 1 aliphatic heterocycles. The lowest BCUT2D eigenvalue weighted by Crippen LogP contribution is -2.21. The predicted octanol–water partition coefficient (Wildman–Crippen LogP) is 4.12. The maximum Gasteiger partial charge on any atom is 0.250 e. The topological polar surface area (TPSA) is 83.1 Å². The average molecular weight is 383 g/mol. The molecule has 1 aliphatic rings. The minimum absolute atomic E-state index is 0.419. The molecule has 29 heavy (non-hydrogen) atoms. The summed E-state index contributed by atoms with van der Waals surface area (Å²) in [6.45, 7) is 2.01. The number of pyridine rings is 1. The predicted molar refractivity (Wildman–Crippen MR) is 110 cm³/mol. The van der Waals surface area contributed by atoms with Gasteiger partial charge in [-0.3, -0.25) is 4.90 Å². The molecule has 5 rings (SSSR count). The third-order valence-electron chi connectivity index (χ3n) is 4.37. The van der Waals surface area contributed by atoms with Crippen molar-refractivity contribution in [3.63, 3.8) is 0 Å². The van der Waals surface area contributed by atoms with Crippen LogP contribution < -0.4 is 14.5 Å². The summed E-state index contributed by atoms with van der Waals surface area (Å²) in [6.07, 6.45) is 10.8. The summed E-state index contributed by atoms with van der Waals surface area (Å²) in [5, 5.41) is 0. The van der Waals surface area contributed by atoms with E-state index >= 15 is 0 Å². The number of nitrogens with zero attached hydrogens (tertiary/aromatic N) is 6. The van der Waals surface area contributed by atoms with Gasteiger partial charge in [-0.15, -0.1) is 0 Å². The first-order valence-electron chi connectivity index (χ1n) is 9.06. The van der Waals surface area contributed by atoms with Crippen LogP contribution in [0.15, 0.2) is 79.8 Å². The fraction of sp³-hybridized carbons (Fsp3) is 0.0476. The van der Waals surface area contributed by atoms with Crippen molar-refractivity contribution in [2.45, 2.75) is 6.92 Å². The van der Waals surface area contributed by atoms with Crippen LogP contribution in [0.4, 0.5) is 11.8 Å². The highest BCUT2D eigenvalue weighted by molar-refractivity contribution is 5.78. The first-order chi connectivity index (χ1) is 14.3. The van der Waals surface area contributed by atoms with E-state index in [-0.39, 0.29) is 0 Å². The van der Waals surface area contributed by atoms with Gasteiger partial charge in [0.1, 0.15) is 17.1 Å². The summed E-state index contributed by atoms with van der Waals surface area (Å²) in [7, 11) is 0. The molecule has 0 amide bonds. The van der Waals surface area contributed by atoms with Crippen LogP contribution in [0.5, 0.6) is 11.6 Å². The highest BCUT2D eigenvalue weighted by atomic mass is 16.5. The Hall–Kier alpha value is -4.20. The highest BCUT2D eigenvalue weighted by Crippen LogP contribution is 2.29. The number of hydrogen-bond acceptors (Lipinski definition) is 7. The number of rotatable bonds is 4. The molecule has 3 aromatic heterocycles. The van der Waals surface area contributed by atoms with Gasteiger partial charge in [-0.25, -0.2) is 9.97 Å². The van der Waals surface area contributed by atoms with E-state index < -0.39 is 0 Å². The lowest BCUT2D eigenvalue weighted by atomic mass is 10.2. The molecule has 0 atom stereocenters. The number of benzene rings is 1. The Kier molecular flexibility index (Phi) is 4.14. The zero-order valence-corrected chi connectivity index (χ0v) is 15.6. The van der Waals surface area contributed by atoms with Crippen molar-refractivity contribution in [1.82, 2.24) is 24.9 Å². The summed E-state index contributed by atoms with van der Waals surface area (Å²) in [6, 6.07) is 13.6. The molecule has 4 heterocycles. The molecule has 0 saturated heterocycles. The summed E-state index contributed by atoms with van der Waals surface area (Å²) < 4.78 is 6.04. The highest BCUT2D eigenvalue weighted by Gasteiger charge is 2.16. The Morgan fingerprint density at radius 1 is 0.897 bits per heavy atom. The number of H-pyrrole nitrogens is 1. The molecule has 8 nitrogen and oxygen atoms in total. The van der Waals surface area contributed by atoms with Gasteiger partial charge >= 0.3 is 0 Å². The van der Waals surface area contributed by atoms with Gasteiger partial charge in [0.25, 0.3) is 5.88 Å². The molecule has 0 fully saturated rings. The molecular formula is C21H17N7O. The fourth-order valence-corrected chi connectivity index (χ4v) is 2.95. The van der Waals surface area contributed by atoms with Crippen LogP contribution in [0.3, 0.4) is 0 Å². The summed E-state index contributed by atoms with van der Waals surface area (Å²) in [5.41, 5.74) is 2.29. The van der Waals surface area contributed by atoms with Gasteiger partial charge in [0, 0.05) is 31.0 Å². The largest absolute Gasteiger partial charge is 0.437 e. The average Bonchev–Trinajstić information content (AvgIpc) is 3.24. The normalized spacial score (nSPS) is 13.3. The number of imidazole rings is 1. The number of hydrogen-bond donors (Lipinski definition) is 1. The second kappa shape index (κ2) is 7.08. The Morgan fingerprint density at radius 3 is 2.55 bits per heavy atom. The lowest BCUT2D eigenvalue weighted by molar-refractivity contribution is 0.467. The first-order valence-corrected chi connectivity index (χ1v) is 9.06. The van der Waals surface area contributed by atoms with Crippen molar-refractivity contribution in [3.8, 4) is 11.6 Å². The Bertz CT molecular complexity index is 1200. The zero-order valence-electron chi connectivity index (χ0n) is 15.6. The van der Waals surface area contributed by atoms with Gasteiger partial charge in [0.05, 0.1) is 6.33 Å². The Morgan fingerprint density at radius 2 is 1.76 bits per heavy atom. The number of ether oxygens (including phenoxy) is 1. The number of anilines is 2. The van der Waals surface area contributed by atoms with Crippen molar-refractivity contribution in [1.29, 1.82) is 0 Å². The van der Waals surface area contributed by atoms with E-state index in [4.69, 9.17) is 4.74 Å². The number of nitrogens with one attached hydrogen (secondary N) is 1. The van der Waals surface area contributed by atoms with Crippen molar-refractivity contribution >= 4 is 22.9 Å². The van der Waals surface area contributed by atoms with Gasteiger partial charge < -0.3 is 14.6 Å². The second-order valence-electron chi connectivity index (χ2n) is 6.45. The minimum atomic E-state index is 0.419. The molecular weight excluding hydrogens is 366 g/mol. The van der Waals surface area contributed by atoms with E-state index in [9.17, 15) is 0 Å². The molecule has 1 aromatic carbocycles. The molecule has 4 aromatic rings. The van der Waals surface area contributed by atoms with Crippen molar-refractivity contribution in [3.05, 3.63) is 85.4 Å². The number of fused-ring (bicyclic) bond motifs is 1. The van der Waals surface area contributed by atoms with Gasteiger partial charge in [0.15, 0.2) is 5.65 Å². The Balaban J connectivity index is 1.46. The molecule has 8 heteroatoms. The standard InChI is InChI=1S/C21H17N7O/c1-15-5-4-6-16(13-15)29-20-18-19(24-14-23-18)25-21(26-20)28-11-9-27(10-12-28)17-7-2-3-8-22-17/h2-14H,1H3,(H,23,24,25,26). The van der Waals surface area contributed by atoms with E-state index in [0.717, 1.165) is 11.4 Å². The van der Waals surface area contributed by atoms with E-state index in [0.29, 0.717) is 28.7 Å². The zero-order chi connectivity index (χ0) is 19.6.